The third-order valence-corrected chi connectivity index (χ3v) is 9.58. The maximum absolute atomic E-state index is 12.2. The van der Waals surface area contributed by atoms with Crippen LogP contribution < -0.4 is 5.32 Å². The standard InChI is InChI=1S/C40H52N2O12S/c1-8-17-42(7)20-33-23(2)36(30-13-11-29(21-43)12-14-30)54-40(53-33)31-15-9-28(10-16-31)19-41-35(55)18-32-37(49-25(4)45)39(51-27(6)47)38(50-26(5)46)34(52-32)22-48-24(3)44/h8-16,23,32-34,36-40,43H,1,17-22H2,2-7H3,(H,41,55). The molecule has 0 aromatic heterocycles. The summed E-state index contributed by atoms with van der Waals surface area (Å²) in [5.41, 5.74) is 3.56. The monoisotopic (exact) mass is 784 g/mol. The number of hydrogen-bond donors (Lipinski definition) is 2. The zero-order chi connectivity index (χ0) is 40.2. The molecule has 0 aliphatic carbocycles. The second kappa shape index (κ2) is 20.6. The number of thiocarbonyl (C=S) groups is 1. The Morgan fingerprint density at radius 3 is 1.93 bits per heavy atom. The van der Waals surface area contributed by atoms with Crippen molar-refractivity contribution >= 4 is 41.1 Å². The first-order valence-electron chi connectivity index (χ1n) is 18.1. The first-order valence-corrected chi connectivity index (χ1v) is 18.6. The lowest BCUT2D eigenvalue weighted by molar-refractivity contribution is -0.275. The van der Waals surface area contributed by atoms with E-state index >= 15 is 0 Å². The highest BCUT2D eigenvalue weighted by Crippen LogP contribution is 2.42. The van der Waals surface area contributed by atoms with Crippen molar-refractivity contribution in [2.45, 2.75) is 103 Å². The van der Waals surface area contributed by atoms with E-state index < -0.39 is 60.7 Å². The van der Waals surface area contributed by atoms with Crippen LogP contribution in [0.15, 0.2) is 61.2 Å². The molecule has 0 spiro atoms. The van der Waals surface area contributed by atoms with E-state index in [-0.39, 0.29) is 37.8 Å². The fraction of sp³-hybridized carbons (Fsp3) is 0.525. The number of likely N-dealkylation sites (N-methyl/N-ethyl adjacent to an activating group) is 1. The van der Waals surface area contributed by atoms with Crippen LogP contribution in [0.4, 0.5) is 0 Å². The third-order valence-electron chi connectivity index (χ3n) is 9.27. The minimum Gasteiger partial charge on any atom is -0.463 e. The fourth-order valence-corrected chi connectivity index (χ4v) is 6.90. The number of carbonyl (C=O) groups is 4. The molecule has 2 aliphatic rings. The smallest absolute Gasteiger partial charge is 0.303 e. The highest BCUT2D eigenvalue weighted by atomic mass is 32.1. The normalized spacial score (nSPS) is 26.4. The predicted molar refractivity (Wildman–Crippen MR) is 203 cm³/mol. The average Bonchev–Trinajstić information content (AvgIpc) is 3.13. The number of carbonyl (C=O) groups excluding carboxylic acids is 4. The van der Waals surface area contributed by atoms with Crippen molar-refractivity contribution in [3.63, 3.8) is 0 Å². The van der Waals surface area contributed by atoms with Crippen molar-refractivity contribution in [3.8, 4) is 0 Å². The van der Waals surface area contributed by atoms with E-state index in [0.717, 1.165) is 22.3 Å². The topological polar surface area (TPSA) is 168 Å². The Hall–Kier alpha value is -4.25. The third kappa shape index (κ3) is 12.6. The molecule has 2 aromatic carbocycles. The van der Waals surface area contributed by atoms with Gasteiger partial charge in [-0.1, -0.05) is 73.7 Å². The van der Waals surface area contributed by atoms with Crippen molar-refractivity contribution in [1.82, 2.24) is 10.2 Å². The minimum atomic E-state index is -1.27. The molecule has 9 atom stereocenters. The Bertz CT molecular complexity index is 1640. The quantitative estimate of drug-likeness (QED) is 0.108. The van der Waals surface area contributed by atoms with Crippen LogP contribution in [0.25, 0.3) is 0 Å². The van der Waals surface area contributed by atoms with Gasteiger partial charge in [-0.15, -0.1) is 6.58 Å². The molecule has 55 heavy (non-hydrogen) atoms. The number of rotatable bonds is 16. The summed E-state index contributed by atoms with van der Waals surface area (Å²) in [4.78, 5) is 50.6. The lowest BCUT2D eigenvalue weighted by Crippen LogP contribution is -2.62. The summed E-state index contributed by atoms with van der Waals surface area (Å²) in [6, 6.07) is 15.5. The molecule has 2 N–H and O–H groups in total. The van der Waals surface area contributed by atoms with Gasteiger partial charge in [0.15, 0.2) is 24.6 Å². The van der Waals surface area contributed by atoms with Gasteiger partial charge in [-0.3, -0.25) is 19.2 Å². The van der Waals surface area contributed by atoms with Crippen LogP contribution in [0.5, 0.6) is 0 Å². The van der Waals surface area contributed by atoms with Gasteiger partial charge in [-0.05, 0) is 23.7 Å². The largest absolute Gasteiger partial charge is 0.463 e. The van der Waals surface area contributed by atoms with Crippen LogP contribution in [0, 0.1) is 5.92 Å². The van der Waals surface area contributed by atoms with E-state index in [1.807, 2.05) is 61.7 Å². The molecule has 2 fully saturated rings. The SMILES string of the molecule is C=CCN(C)CC1OC(c2ccc(CNC(=S)CC3OC(COC(C)=O)C(OC(C)=O)C(OC(C)=O)C3OC(C)=O)cc2)OC(c2ccc(CO)cc2)C1C. The molecule has 2 aliphatic heterocycles. The molecule has 4 rings (SSSR count). The van der Waals surface area contributed by atoms with Crippen molar-refractivity contribution in [1.29, 1.82) is 0 Å². The molecule has 2 heterocycles. The zero-order valence-electron chi connectivity index (χ0n) is 32.1. The Morgan fingerprint density at radius 1 is 0.800 bits per heavy atom. The molecule has 2 saturated heterocycles. The van der Waals surface area contributed by atoms with E-state index in [2.05, 4.69) is 23.7 Å². The van der Waals surface area contributed by atoms with E-state index in [4.69, 9.17) is 45.4 Å². The summed E-state index contributed by atoms with van der Waals surface area (Å²) < 4.78 is 41.0. The maximum Gasteiger partial charge on any atom is 0.303 e. The second-order valence-electron chi connectivity index (χ2n) is 13.8. The zero-order valence-corrected chi connectivity index (χ0v) is 33.0. The van der Waals surface area contributed by atoms with Gasteiger partial charge in [0.2, 0.25) is 0 Å². The van der Waals surface area contributed by atoms with Gasteiger partial charge in [0.05, 0.1) is 23.8 Å². The van der Waals surface area contributed by atoms with Gasteiger partial charge >= 0.3 is 23.9 Å². The summed E-state index contributed by atoms with van der Waals surface area (Å²) in [6.45, 7) is 12.1. The molecule has 9 unspecified atom stereocenters. The van der Waals surface area contributed by atoms with Gasteiger partial charge in [-0.2, -0.15) is 0 Å². The van der Waals surface area contributed by atoms with Gasteiger partial charge in [-0.25, -0.2) is 0 Å². The molecule has 0 radical (unpaired) electrons. The number of esters is 4. The maximum atomic E-state index is 12.2. The van der Waals surface area contributed by atoms with Crippen LogP contribution in [0.3, 0.4) is 0 Å². The summed E-state index contributed by atoms with van der Waals surface area (Å²) in [7, 11) is 2.02. The fourth-order valence-electron chi connectivity index (χ4n) is 6.66. The summed E-state index contributed by atoms with van der Waals surface area (Å²) in [5, 5.41) is 12.8. The van der Waals surface area contributed by atoms with Crippen LogP contribution in [-0.2, 0) is 65.5 Å². The molecule has 0 saturated carbocycles. The van der Waals surface area contributed by atoms with E-state index in [1.54, 1.807) is 0 Å². The molecular weight excluding hydrogens is 733 g/mol. The highest BCUT2D eigenvalue weighted by molar-refractivity contribution is 7.80. The molecule has 2 aromatic rings. The number of ether oxygens (including phenoxy) is 7. The molecular formula is C40H52N2O12S. The number of aliphatic hydroxyl groups is 1. The van der Waals surface area contributed by atoms with E-state index in [1.165, 1.54) is 27.7 Å². The van der Waals surface area contributed by atoms with Gasteiger partial charge < -0.3 is 48.5 Å². The van der Waals surface area contributed by atoms with Crippen molar-refractivity contribution in [2.24, 2.45) is 5.92 Å². The molecule has 0 bridgehead atoms. The Balaban J connectivity index is 1.47. The molecule has 14 nitrogen and oxygen atoms in total. The summed E-state index contributed by atoms with van der Waals surface area (Å²) in [5.74, 6) is -2.66. The van der Waals surface area contributed by atoms with E-state index in [0.29, 0.717) is 24.6 Å². The first kappa shape index (κ1) is 43.5. The van der Waals surface area contributed by atoms with Crippen molar-refractivity contribution < 1.29 is 57.4 Å². The lowest BCUT2D eigenvalue weighted by Gasteiger charge is -2.44. The number of nitrogens with zero attached hydrogens (tertiary/aromatic N) is 1. The Morgan fingerprint density at radius 2 is 1.36 bits per heavy atom. The van der Waals surface area contributed by atoms with Crippen LogP contribution in [-0.4, -0.2) is 102 Å². The van der Waals surface area contributed by atoms with Crippen molar-refractivity contribution in [3.05, 3.63) is 83.4 Å². The van der Waals surface area contributed by atoms with E-state index in [9.17, 15) is 24.3 Å². The molecule has 15 heteroatoms. The van der Waals surface area contributed by atoms with Crippen molar-refractivity contribution in [2.75, 3.05) is 26.7 Å². The molecule has 0 amide bonds. The van der Waals surface area contributed by atoms with Crippen LogP contribution in [0.1, 0.15) is 75.7 Å². The first-order chi connectivity index (χ1) is 26.2. The summed E-state index contributed by atoms with van der Waals surface area (Å²) in [6.07, 6.45) is -4.87. The average molecular weight is 785 g/mol. The predicted octanol–water partition coefficient (Wildman–Crippen LogP) is 4.02. The van der Waals surface area contributed by atoms with Gasteiger partial charge in [0, 0.05) is 65.2 Å². The number of aliphatic hydroxyl groups excluding tert-OH is 1. The van der Waals surface area contributed by atoms with Crippen LogP contribution in [0.2, 0.25) is 0 Å². The van der Waals surface area contributed by atoms with Gasteiger partial charge in [0.25, 0.3) is 0 Å². The number of hydrogen-bond acceptors (Lipinski definition) is 14. The number of benzene rings is 2. The van der Waals surface area contributed by atoms with Crippen LogP contribution >= 0.6 is 12.2 Å². The number of nitrogens with one attached hydrogen (secondary N) is 1. The van der Waals surface area contributed by atoms with Gasteiger partial charge in [0.1, 0.15) is 18.8 Å². The Kier molecular flexibility index (Phi) is 16.3. The second-order valence-corrected chi connectivity index (χ2v) is 14.3. The molecule has 300 valence electrons. The Labute approximate surface area is 327 Å². The minimum absolute atomic E-state index is 0.0246. The lowest BCUT2D eigenvalue weighted by atomic mass is 9.90. The summed E-state index contributed by atoms with van der Waals surface area (Å²) >= 11 is 5.68. The highest BCUT2D eigenvalue weighted by Gasteiger charge is 2.52.